The second-order valence-electron chi connectivity index (χ2n) is 4.15. The van der Waals surface area contributed by atoms with Crippen LogP contribution in [0.15, 0.2) is 24.3 Å². The van der Waals surface area contributed by atoms with Gasteiger partial charge in [0.2, 0.25) is 0 Å². The van der Waals surface area contributed by atoms with Crippen molar-refractivity contribution in [2.75, 3.05) is 0 Å². The summed E-state index contributed by atoms with van der Waals surface area (Å²) in [5.74, 6) is 0.663. The normalized spacial score (nSPS) is 12.4. The molecular weight excluding hydrogens is 194 g/mol. The molecule has 80 valence electrons. The maximum Gasteiger partial charge on any atom is 0.0297 e. The first kappa shape index (κ1) is 13.5. The van der Waals surface area contributed by atoms with E-state index in [1.165, 1.54) is 11.1 Å². The summed E-state index contributed by atoms with van der Waals surface area (Å²) in [5, 5.41) is 0. The fraction of sp³-hybridized carbons (Fsp3) is 0.500. The summed E-state index contributed by atoms with van der Waals surface area (Å²) in [6.45, 7) is 6.51. The number of benzene rings is 1. The van der Waals surface area contributed by atoms with E-state index in [1.807, 2.05) is 0 Å². The molecule has 2 heteroatoms. The quantitative estimate of drug-likeness (QED) is 0.818. The summed E-state index contributed by atoms with van der Waals surface area (Å²) in [4.78, 5) is 0. The van der Waals surface area contributed by atoms with Gasteiger partial charge in [-0.25, -0.2) is 0 Å². The van der Waals surface area contributed by atoms with Gasteiger partial charge in [-0.3, -0.25) is 0 Å². The largest absolute Gasteiger partial charge is 0.324 e. The number of hydrogen-bond acceptors (Lipinski definition) is 1. The highest BCUT2D eigenvalue weighted by atomic mass is 35.5. The van der Waals surface area contributed by atoms with Crippen molar-refractivity contribution >= 4 is 12.4 Å². The van der Waals surface area contributed by atoms with E-state index in [9.17, 15) is 0 Å². The number of rotatable bonds is 3. The zero-order chi connectivity index (χ0) is 9.84. The first-order chi connectivity index (χ1) is 6.09. The zero-order valence-corrected chi connectivity index (χ0v) is 9.97. The Morgan fingerprint density at radius 3 is 2.43 bits per heavy atom. The van der Waals surface area contributed by atoms with E-state index < -0.39 is 0 Å². The van der Waals surface area contributed by atoms with E-state index in [-0.39, 0.29) is 18.4 Å². The molecule has 1 aromatic rings. The second kappa shape index (κ2) is 6.05. The monoisotopic (exact) mass is 213 g/mol. The minimum atomic E-state index is 0. The first-order valence-electron chi connectivity index (χ1n) is 4.91. The molecule has 0 unspecified atom stereocenters. The molecule has 0 saturated carbocycles. The van der Waals surface area contributed by atoms with Gasteiger partial charge in [-0.2, -0.15) is 0 Å². The van der Waals surface area contributed by atoms with Crippen molar-refractivity contribution in [3.05, 3.63) is 35.4 Å². The predicted octanol–water partition coefficient (Wildman–Crippen LogP) is 3.46. The maximum absolute atomic E-state index is 6.06. The van der Waals surface area contributed by atoms with Crippen LogP contribution in [-0.2, 0) is 0 Å². The Morgan fingerprint density at radius 1 is 1.29 bits per heavy atom. The Hall–Kier alpha value is -0.530. The van der Waals surface area contributed by atoms with Gasteiger partial charge in [-0.05, 0) is 24.8 Å². The van der Waals surface area contributed by atoms with Gasteiger partial charge in [-0.15, -0.1) is 12.4 Å². The lowest BCUT2D eigenvalue weighted by atomic mass is 9.97. The summed E-state index contributed by atoms with van der Waals surface area (Å²) >= 11 is 0. The summed E-state index contributed by atoms with van der Waals surface area (Å²) < 4.78 is 0. The number of halogens is 1. The SMILES string of the molecule is Cc1cccc([C@H](N)CC(C)C)c1.Cl. The highest BCUT2D eigenvalue weighted by molar-refractivity contribution is 5.85. The number of nitrogens with two attached hydrogens (primary N) is 1. The summed E-state index contributed by atoms with van der Waals surface area (Å²) in [7, 11) is 0. The topological polar surface area (TPSA) is 26.0 Å². The summed E-state index contributed by atoms with van der Waals surface area (Å²) in [5.41, 5.74) is 8.61. The van der Waals surface area contributed by atoms with Crippen LogP contribution in [0.2, 0.25) is 0 Å². The van der Waals surface area contributed by atoms with Crippen molar-refractivity contribution in [2.24, 2.45) is 11.7 Å². The molecule has 1 atom stereocenters. The molecule has 1 rings (SSSR count). The zero-order valence-electron chi connectivity index (χ0n) is 9.16. The average Bonchev–Trinajstić information content (AvgIpc) is 2.03. The number of hydrogen-bond donors (Lipinski definition) is 1. The lowest BCUT2D eigenvalue weighted by Gasteiger charge is -2.14. The molecule has 0 radical (unpaired) electrons. The minimum Gasteiger partial charge on any atom is -0.324 e. The van der Waals surface area contributed by atoms with Crippen LogP contribution in [0, 0.1) is 12.8 Å². The third-order valence-corrected chi connectivity index (χ3v) is 2.20. The van der Waals surface area contributed by atoms with Gasteiger partial charge in [0.25, 0.3) is 0 Å². The number of aryl methyl sites for hydroxylation is 1. The van der Waals surface area contributed by atoms with Crippen LogP contribution in [0.25, 0.3) is 0 Å². The fourth-order valence-corrected chi connectivity index (χ4v) is 1.54. The molecule has 0 heterocycles. The van der Waals surface area contributed by atoms with Crippen LogP contribution in [0.5, 0.6) is 0 Å². The summed E-state index contributed by atoms with van der Waals surface area (Å²) in [6.07, 6.45) is 1.06. The van der Waals surface area contributed by atoms with Crippen LogP contribution >= 0.6 is 12.4 Å². The molecule has 14 heavy (non-hydrogen) atoms. The van der Waals surface area contributed by atoms with E-state index in [0.29, 0.717) is 5.92 Å². The molecule has 0 aromatic heterocycles. The molecule has 0 aliphatic carbocycles. The smallest absolute Gasteiger partial charge is 0.0297 e. The maximum atomic E-state index is 6.06. The second-order valence-corrected chi connectivity index (χ2v) is 4.15. The molecule has 0 fully saturated rings. The Bertz CT molecular complexity index is 271. The van der Waals surface area contributed by atoms with Crippen molar-refractivity contribution in [3.63, 3.8) is 0 Å². The minimum absolute atomic E-state index is 0. The highest BCUT2D eigenvalue weighted by Crippen LogP contribution is 2.19. The van der Waals surface area contributed by atoms with Gasteiger partial charge in [0, 0.05) is 6.04 Å². The molecule has 1 nitrogen and oxygen atoms in total. The van der Waals surface area contributed by atoms with Crippen molar-refractivity contribution < 1.29 is 0 Å². The van der Waals surface area contributed by atoms with Crippen LogP contribution in [-0.4, -0.2) is 0 Å². The van der Waals surface area contributed by atoms with E-state index >= 15 is 0 Å². The van der Waals surface area contributed by atoms with Crippen LogP contribution < -0.4 is 5.73 Å². The Kier molecular flexibility index (Phi) is 5.82. The van der Waals surface area contributed by atoms with Gasteiger partial charge in [-0.1, -0.05) is 43.7 Å². The molecule has 0 amide bonds. The van der Waals surface area contributed by atoms with E-state index in [1.54, 1.807) is 0 Å². The van der Waals surface area contributed by atoms with Gasteiger partial charge in [0.05, 0.1) is 0 Å². The molecule has 0 bridgehead atoms. The summed E-state index contributed by atoms with van der Waals surface area (Å²) in [6, 6.07) is 8.66. The molecular formula is C12H20ClN. The molecule has 2 N–H and O–H groups in total. The Morgan fingerprint density at radius 2 is 1.93 bits per heavy atom. The fourth-order valence-electron chi connectivity index (χ4n) is 1.54. The van der Waals surface area contributed by atoms with Crippen molar-refractivity contribution in [3.8, 4) is 0 Å². The van der Waals surface area contributed by atoms with Crippen LogP contribution in [0.1, 0.15) is 37.4 Å². The van der Waals surface area contributed by atoms with Crippen molar-refractivity contribution in [1.29, 1.82) is 0 Å². The van der Waals surface area contributed by atoms with Crippen LogP contribution in [0.3, 0.4) is 0 Å². The third kappa shape index (κ3) is 4.12. The average molecular weight is 214 g/mol. The Labute approximate surface area is 93.1 Å². The van der Waals surface area contributed by atoms with E-state index in [0.717, 1.165) is 6.42 Å². The van der Waals surface area contributed by atoms with Crippen molar-refractivity contribution in [1.82, 2.24) is 0 Å². The van der Waals surface area contributed by atoms with Gasteiger partial charge in [0.15, 0.2) is 0 Å². The highest BCUT2D eigenvalue weighted by Gasteiger charge is 2.07. The van der Waals surface area contributed by atoms with Gasteiger partial charge < -0.3 is 5.73 Å². The standard InChI is InChI=1S/C12H19N.ClH/c1-9(2)7-12(13)11-6-4-5-10(3)8-11;/h4-6,8-9,12H,7,13H2,1-3H3;1H/t12-;/m1./s1. The first-order valence-corrected chi connectivity index (χ1v) is 4.91. The Balaban J connectivity index is 0.00000169. The molecule has 0 aliphatic rings. The molecule has 1 aromatic carbocycles. The molecule has 0 spiro atoms. The van der Waals surface area contributed by atoms with E-state index in [4.69, 9.17) is 5.73 Å². The lowest BCUT2D eigenvalue weighted by Crippen LogP contribution is -2.12. The van der Waals surface area contributed by atoms with E-state index in [2.05, 4.69) is 45.0 Å². The van der Waals surface area contributed by atoms with Crippen LogP contribution in [0.4, 0.5) is 0 Å². The predicted molar refractivity (Wildman–Crippen MR) is 64.8 cm³/mol. The van der Waals surface area contributed by atoms with Gasteiger partial charge in [0.1, 0.15) is 0 Å². The molecule has 0 aliphatic heterocycles. The third-order valence-electron chi connectivity index (χ3n) is 2.20. The lowest BCUT2D eigenvalue weighted by molar-refractivity contribution is 0.510. The van der Waals surface area contributed by atoms with Gasteiger partial charge >= 0.3 is 0 Å². The van der Waals surface area contributed by atoms with Crippen molar-refractivity contribution in [2.45, 2.75) is 33.2 Å². The molecule has 0 saturated heterocycles.